The van der Waals surface area contributed by atoms with Crippen LogP contribution in [-0.4, -0.2) is 5.71 Å². The highest BCUT2D eigenvalue weighted by atomic mass is 35.5. The zero-order chi connectivity index (χ0) is 8.39. The van der Waals surface area contributed by atoms with Crippen molar-refractivity contribution >= 4 is 17.3 Å². The van der Waals surface area contributed by atoms with Gasteiger partial charge in [0.15, 0.2) is 0 Å². The number of benzene rings is 1. The van der Waals surface area contributed by atoms with Gasteiger partial charge in [-0.25, -0.2) is 0 Å². The van der Waals surface area contributed by atoms with E-state index in [1.54, 1.807) is 0 Å². The Morgan fingerprint density at radius 3 is 2.50 bits per heavy atom. The second-order valence-corrected chi connectivity index (χ2v) is 3.11. The second kappa shape index (κ2) is 3.11. The van der Waals surface area contributed by atoms with Crippen LogP contribution in [0.4, 0.5) is 0 Å². The molecule has 0 fully saturated rings. The van der Waals surface area contributed by atoms with Gasteiger partial charge < -0.3 is 0 Å². The van der Waals surface area contributed by atoms with Crippen molar-refractivity contribution in [2.24, 2.45) is 4.99 Å². The molecule has 0 spiro atoms. The van der Waals surface area contributed by atoms with Crippen LogP contribution in [0.5, 0.6) is 0 Å². The first-order valence-electron chi connectivity index (χ1n) is 3.84. The molecule has 1 aromatic rings. The fraction of sp³-hybridized carbons (Fsp3) is 0.100. The van der Waals surface area contributed by atoms with Gasteiger partial charge in [0.25, 0.3) is 0 Å². The van der Waals surface area contributed by atoms with Crippen LogP contribution >= 0.6 is 11.6 Å². The van der Waals surface area contributed by atoms with Gasteiger partial charge >= 0.3 is 0 Å². The van der Waals surface area contributed by atoms with Crippen molar-refractivity contribution in [2.75, 3.05) is 0 Å². The maximum Gasteiger partial charge on any atom is 0.0513 e. The largest absolute Gasteiger partial charge is 0.261 e. The topological polar surface area (TPSA) is 12.4 Å². The van der Waals surface area contributed by atoms with E-state index < -0.39 is 0 Å². The summed E-state index contributed by atoms with van der Waals surface area (Å²) in [5.41, 5.74) is 2.27. The predicted octanol–water partition coefficient (Wildman–Crippen LogP) is 3.05. The molecular formula is C10H8ClN. The normalized spacial score (nSPS) is 14.9. The smallest absolute Gasteiger partial charge is 0.0513 e. The minimum Gasteiger partial charge on any atom is -0.261 e. The Balaban J connectivity index is 2.30. The SMILES string of the molecule is Clc1ccc(C2=NC=CC2)cc1. The monoisotopic (exact) mass is 177 g/mol. The van der Waals surface area contributed by atoms with Crippen molar-refractivity contribution in [3.05, 3.63) is 47.1 Å². The summed E-state index contributed by atoms with van der Waals surface area (Å²) in [6, 6.07) is 7.76. The number of nitrogens with zero attached hydrogens (tertiary/aromatic N) is 1. The van der Waals surface area contributed by atoms with E-state index in [-0.39, 0.29) is 0 Å². The second-order valence-electron chi connectivity index (χ2n) is 2.67. The molecule has 2 heteroatoms. The zero-order valence-electron chi connectivity index (χ0n) is 6.50. The van der Waals surface area contributed by atoms with Crippen LogP contribution in [0.15, 0.2) is 41.5 Å². The first kappa shape index (κ1) is 7.56. The summed E-state index contributed by atoms with van der Waals surface area (Å²) in [6.07, 6.45) is 4.81. The first-order chi connectivity index (χ1) is 5.86. The molecule has 0 atom stereocenters. The Labute approximate surface area is 76.4 Å². The van der Waals surface area contributed by atoms with Crippen LogP contribution in [0.3, 0.4) is 0 Å². The number of hydrogen-bond donors (Lipinski definition) is 0. The van der Waals surface area contributed by atoms with Gasteiger partial charge in [0, 0.05) is 17.6 Å². The molecule has 0 amide bonds. The number of aliphatic imine (C=N–C) groups is 1. The number of halogens is 1. The lowest BCUT2D eigenvalue weighted by atomic mass is 10.1. The van der Waals surface area contributed by atoms with E-state index in [2.05, 4.69) is 4.99 Å². The van der Waals surface area contributed by atoms with Crippen molar-refractivity contribution in [3.63, 3.8) is 0 Å². The molecule has 0 N–H and O–H groups in total. The van der Waals surface area contributed by atoms with Crippen molar-refractivity contribution in [2.45, 2.75) is 6.42 Å². The van der Waals surface area contributed by atoms with E-state index in [1.807, 2.05) is 36.5 Å². The summed E-state index contributed by atoms with van der Waals surface area (Å²) in [5, 5.41) is 0.769. The van der Waals surface area contributed by atoms with E-state index in [4.69, 9.17) is 11.6 Å². The zero-order valence-corrected chi connectivity index (χ0v) is 7.25. The lowest BCUT2D eigenvalue weighted by molar-refractivity contribution is 1.49. The van der Waals surface area contributed by atoms with E-state index in [0.29, 0.717) is 0 Å². The minimum atomic E-state index is 0.769. The van der Waals surface area contributed by atoms with Gasteiger partial charge in [-0.05, 0) is 17.7 Å². The molecule has 0 saturated carbocycles. The molecular weight excluding hydrogens is 170 g/mol. The Morgan fingerprint density at radius 2 is 1.92 bits per heavy atom. The summed E-state index contributed by atoms with van der Waals surface area (Å²) >= 11 is 5.76. The maximum atomic E-state index is 5.76. The quantitative estimate of drug-likeness (QED) is 0.625. The van der Waals surface area contributed by atoms with Gasteiger partial charge in [-0.2, -0.15) is 0 Å². The summed E-state index contributed by atoms with van der Waals surface area (Å²) < 4.78 is 0. The summed E-state index contributed by atoms with van der Waals surface area (Å²) in [4.78, 5) is 4.23. The fourth-order valence-corrected chi connectivity index (χ4v) is 1.32. The highest BCUT2D eigenvalue weighted by Gasteiger charge is 2.03. The highest BCUT2D eigenvalue weighted by molar-refractivity contribution is 6.30. The molecule has 1 aliphatic rings. The maximum absolute atomic E-state index is 5.76. The van der Waals surface area contributed by atoms with Crippen molar-refractivity contribution < 1.29 is 0 Å². The molecule has 1 nitrogen and oxygen atoms in total. The average Bonchev–Trinajstić information content (AvgIpc) is 2.58. The lowest BCUT2D eigenvalue weighted by Gasteiger charge is -1.98. The molecule has 0 aromatic heterocycles. The minimum absolute atomic E-state index is 0.769. The van der Waals surface area contributed by atoms with Gasteiger partial charge in [-0.15, -0.1) is 0 Å². The standard InChI is InChI=1S/C10H8ClN/c11-9-5-3-8(4-6-9)10-2-1-7-12-10/h1,3-7H,2H2. The van der Waals surface area contributed by atoms with Crippen LogP contribution < -0.4 is 0 Å². The molecule has 1 aliphatic heterocycles. The molecule has 0 unspecified atom stereocenters. The van der Waals surface area contributed by atoms with Crippen LogP contribution in [0, 0.1) is 0 Å². The van der Waals surface area contributed by atoms with E-state index in [9.17, 15) is 0 Å². The van der Waals surface area contributed by atoms with Gasteiger partial charge in [-0.3, -0.25) is 4.99 Å². The molecule has 60 valence electrons. The average molecular weight is 178 g/mol. The van der Waals surface area contributed by atoms with E-state index >= 15 is 0 Å². The van der Waals surface area contributed by atoms with Crippen LogP contribution in [0.1, 0.15) is 12.0 Å². The molecule has 2 rings (SSSR count). The van der Waals surface area contributed by atoms with E-state index in [0.717, 1.165) is 22.7 Å². The lowest BCUT2D eigenvalue weighted by Crippen LogP contribution is -1.94. The van der Waals surface area contributed by atoms with Crippen molar-refractivity contribution in [3.8, 4) is 0 Å². The summed E-state index contributed by atoms with van der Waals surface area (Å²) in [6.45, 7) is 0. The molecule has 0 bridgehead atoms. The van der Waals surface area contributed by atoms with Crippen molar-refractivity contribution in [1.29, 1.82) is 0 Å². The fourth-order valence-electron chi connectivity index (χ4n) is 1.19. The van der Waals surface area contributed by atoms with E-state index in [1.165, 1.54) is 0 Å². The third-order valence-corrected chi connectivity index (χ3v) is 2.08. The Bertz CT molecular complexity index is 335. The molecule has 1 aromatic carbocycles. The van der Waals surface area contributed by atoms with Gasteiger partial charge in [0.2, 0.25) is 0 Å². The Kier molecular flexibility index (Phi) is 1.96. The number of rotatable bonds is 1. The molecule has 0 saturated heterocycles. The molecule has 12 heavy (non-hydrogen) atoms. The number of allylic oxidation sites excluding steroid dienone is 1. The summed E-state index contributed by atoms with van der Waals surface area (Å²) in [7, 11) is 0. The van der Waals surface area contributed by atoms with Gasteiger partial charge in [-0.1, -0.05) is 29.8 Å². The molecule has 0 radical (unpaired) electrons. The van der Waals surface area contributed by atoms with Crippen LogP contribution in [0.2, 0.25) is 5.02 Å². The summed E-state index contributed by atoms with van der Waals surface area (Å²) in [5.74, 6) is 0. The predicted molar refractivity (Wildman–Crippen MR) is 51.7 cm³/mol. The third-order valence-electron chi connectivity index (χ3n) is 1.82. The van der Waals surface area contributed by atoms with Crippen molar-refractivity contribution in [1.82, 2.24) is 0 Å². The van der Waals surface area contributed by atoms with Crippen LogP contribution in [0.25, 0.3) is 0 Å². The van der Waals surface area contributed by atoms with Crippen LogP contribution in [-0.2, 0) is 0 Å². The molecule has 0 aliphatic carbocycles. The first-order valence-corrected chi connectivity index (χ1v) is 4.22. The third kappa shape index (κ3) is 1.41. The number of hydrogen-bond acceptors (Lipinski definition) is 1. The highest BCUT2D eigenvalue weighted by Crippen LogP contribution is 2.14. The van der Waals surface area contributed by atoms with Gasteiger partial charge in [0.05, 0.1) is 5.71 Å². The van der Waals surface area contributed by atoms with Gasteiger partial charge in [0.1, 0.15) is 0 Å². The Hall–Kier alpha value is -1.08. The molecule has 1 heterocycles. The Morgan fingerprint density at radius 1 is 1.17 bits per heavy atom.